The van der Waals surface area contributed by atoms with E-state index in [-0.39, 0.29) is 5.91 Å². The summed E-state index contributed by atoms with van der Waals surface area (Å²) >= 11 is 0. The van der Waals surface area contributed by atoms with Crippen molar-refractivity contribution in [1.29, 1.82) is 0 Å². The number of fused-ring (bicyclic) bond motifs is 1. The van der Waals surface area contributed by atoms with Crippen LogP contribution in [0.4, 0.5) is 5.69 Å². The number of anilines is 1. The molecule has 0 radical (unpaired) electrons. The summed E-state index contributed by atoms with van der Waals surface area (Å²) in [7, 11) is 1.34. The Morgan fingerprint density at radius 2 is 1.96 bits per heavy atom. The summed E-state index contributed by atoms with van der Waals surface area (Å²) in [5.41, 5.74) is 2.62. The molecule has 1 aliphatic rings. The van der Waals surface area contributed by atoms with Crippen LogP contribution in [-0.2, 0) is 9.53 Å². The van der Waals surface area contributed by atoms with Gasteiger partial charge in [-0.25, -0.2) is 4.79 Å². The number of hydrogen-bond acceptors (Lipinski definition) is 3. The number of carbonyl (C=O) groups is 2. The second kappa shape index (κ2) is 7.50. The van der Waals surface area contributed by atoms with Crippen molar-refractivity contribution in [3.63, 3.8) is 0 Å². The number of amides is 1. The predicted octanol–water partition coefficient (Wildman–Crippen LogP) is 1.76. The molecule has 26 heavy (non-hydrogen) atoms. The van der Waals surface area contributed by atoms with E-state index in [4.69, 9.17) is 4.74 Å². The van der Waals surface area contributed by atoms with E-state index in [9.17, 15) is 9.59 Å². The molecule has 1 saturated heterocycles. The van der Waals surface area contributed by atoms with E-state index in [1.807, 2.05) is 25.1 Å². The van der Waals surface area contributed by atoms with Gasteiger partial charge in [-0.1, -0.05) is 26.0 Å². The van der Waals surface area contributed by atoms with Crippen molar-refractivity contribution in [1.82, 2.24) is 4.98 Å². The number of aromatic amines is 1. The number of likely N-dealkylation sites (tertiary alicyclic amines) is 1. The quantitative estimate of drug-likeness (QED) is 0.729. The topological polar surface area (TPSA) is 75.6 Å². The minimum absolute atomic E-state index is 0.0735. The first kappa shape index (κ1) is 18.5. The summed E-state index contributed by atoms with van der Waals surface area (Å²) in [4.78, 5) is 29.3. The molecule has 2 heterocycles. The molecule has 0 aliphatic carbocycles. The molecule has 1 aromatic carbocycles. The number of aromatic nitrogens is 1. The first-order valence-corrected chi connectivity index (χ1v) is 9.22. The fraction of sp³-hybridized carbons (Fsp3) is 0.500. The zero-order chi connectivity index (χ0) is 18.8. The van der Waals surface area contributed by atoms with Gasteiger partial charge in [0, 0.05) is 22.7 Å². The van der Waals surface area contributed by atoms with Gasteiger partial charge in [0.2, 0.25) is 0 Å². The summed E-state index contributed by atoms with van der Waals surface area (Å²) in [6, 6.07) is 5.78. The van der Waals surface area contributed by atoms with Gasteiger partial charge in [-0.15, -0.1) is 0 Å². The van der Waals surface area contributed by atoms with E-state index in [1.165, 1.54) is 18.4 Å². The number of ether oxygens (including phenoxy) is 1. The third kappa shape index (κ3) is 3.75. The molecule has 2 atom stereocenters. The van der Waals surface area contributed by atoms with E-state index in [2.05, 4.69) is 24.1 Å². The second-order valence-corrected chi connectivity index (χ2v) is 7.69. The molecular weight excluding hydrogens is 330 g/mol. The summed E-state index contributed by atoms with van der Waals surface area (Å²) in [6.07, 6.45) is 1.22. The number of aryl methyl sites for hydroxylation is 1. The lowest BCUT2D eigenvalue weighted by Gasteiger charge is -2.31. The standard InChI is InChI=1S/C20H27N3O3/c1-12-8-13(2)10-23(9-12)11-16(24)22-18-17-14(3)6-5-7-15(17)21-19(18)20(25)26-4/h5-7,12-13,21H,8-11H2,1-4H3,(H,22,24)/p+1/t12-,13-/m0/s1. The van der Waals surface area contributed by atoms with Crippen LogP contribution in [0, 0.1) is 18.8 Å². The molecule has 6 nitrogen and oxygen atoms in total. The van der Waals surface area contributed by atoms with E-state index < -0.39 is 5.97 Å². The number of piperidine rings is 1. The van der Waals surface area contributed by atoms with Gasteiger partial charge in [-0.2, -0.15) is 0 Å². The molecule has 0 spiro atoms. The van der Waals surface area contributed by atoms with Crippen LogP contribution in [0.1, 0.15) is 36.3 Å². The molecule has 1 aromatic heterocycles. The molecule has 0 bridgehead atoms. The van der Waals surface area contributed by atoms with Crippen molar-refractivity contribution < 1.29 is 19.2 Å². The maximum atomic E-state index is 12.7. The zero-order valence-electron chi connectivity index (χ0n) is 15.9. The fourth-order valence-electron chi connectivity index (χ4n) is 4.28. The van der Waals surface area contributed by atoms with Gasteiger partial charge >= 0.3 is 5.97 Å². The maximum Gasteiger partial charge on any atom is 0.356 e. The Bertz CT molecular complexity index is 817. The molecule has 3 rings (SSSR count). The number of rotatable bonds is 4. The Hall–Kier alpha value is -2.34. The average molecular weight is 358 g/mol. The minimum atomic E-state index is -0.483. The van der Waals surface area contributed by atoms with Crippen LogP contribution in [0.15, 0.2) is 18.2 Å². The van der Waals surface area contributed by atoms with Gasteiger partial charge < -0.3 is 19.9 Å². The number of esters is 1. The number of H-pyrrole nitrogens is 1. The SMILES string of the molecule is COC(=O)c1[nH]c2cccc(C)c2c1NC(=O)C[NH+]1C[C@@H](C)C[C@H](C)C1. The highest BCUT2D eigenvalue weighted by atomic mass is 16.5. The molecule has 3 N–H and O–H groups in total. The molecule has 1 aliphatic heterocycles. The molecule has 1 amide bonds. The lowest BCUT2D eigenvalue weighted by molar-refractivity contribution is -0.904. The number of benzene rings is 1. The van der Waals surface area contributed by atoms with E-state index >= 15 is 0 Å². The molecule has 0 saturated carbocycles. The monoisotopic (exact) mass is 358 g/mol. The highest BCUT2D eigenvalue weighted by Gasteiger charge is 2.28. The number of methoxy groups -OCH3 is 1. The van der Waals surface area contributed by atoms with Crippen LogP contribution in [0.5, 0.6) is 0 Å². The number of nitrogens with one attached hydrogen (secondary N) is 3. The summed E-state index contributed by atoms with van der Waals surface area (Å²) < 4.78 is 4.88. The summed E-state index contributed by atoms with van der Waals surface area (Å²) in [5, 5.41) is 3.83. The summed E-state index contributed by atoms with van der Waals surface area (Å²) in [5.74, 6) is 0.698. The van der Waals surface area contributed by atoms with Crippen molar-refractivity contribution in [2.75, 3.05) is 32.1 Å². The van der Waals surface area contributed by atoms with Crippen molar-refractivity contribution in [3.05, 3.63) is 29.5 Å². The molecule has 0 unspecified atom stereocenters. The molecule has 1 fully saturated rings. The van der Waals surface area contributed by atoms with Gasteiger partial charge in [0.25, 0.3) is 5.91 Å². The van der Waals surface area contributed by atoms with Crippen molar-refractivity contribution >= 4 is 28.5 Å². The van der Waals surface area contributed by atoms with E-state index in [0.29, 0.717) is 29.8 Å². The first-order valence-electron chi connectivity index (χ1n) is 9.22. The average Bonchev–Trinajstić information content (AvgIpc) is 2.92. The van der Waals surface area contributed by atoms with E-state index in [1.54, 1.807) is 0 Å². The fourth-order valence-corrected chi connectivity index (χ4v) is 4.28. The molecule has 140 valence electrons. The van der Waals surface area contributed by atoms with Crippen molar-refractivity contribution in [3.8, 4) is 0 Å². The first-order chi connectivity index (χ1) is 12.4. The number of quaternary nitrogens is 1. The lowest BCUT2D eigenvalue weighted by Crippen LogP contribution is -3.15. The van der Waals surface area contributed by atoms with Gasteiger partial charge in [-0.3, -0.25) is 4.79 Å². The van der Waals surface area contributed by atoms with Gasteiger partial charge in [-0.05, 0) is 25.0 Å². The zero-order valence-corrected chi connectivity index (χ0v) is 15.9. The third-order valence-corrected chi connectivity index (χ3v) is 5.18. The molecular formula is C20H28N3O3+. The highest BCUT2D eigenvalue weighted by Crippen LogP contribution is 2.31. The van der Waals surface area contributed by atoms with Crippen LogP contribution in [0.3, 0.4) is 0 Å². The normalized spacial score (nSPS) is 23.0. The predicted molar refractivity (Wildman–Crippen MR) is 102 cm³/mol. The Balaban J connectivity index is 1.85. The Labute approximate surface area is 153 Å². The van der Waals surface area contributed by atoms with Gasteiger partial charge in [0.1, 0.15) is 5.69 Å². The Kier molecular flexibility index (Phi) is 5.32. The van der Waals surface area contributed by atoms with Crippen LogP contribution in [-0.4, -0.2) is 43.6 Å². The van der Waals surface area contributed by atoms with Gasteiger partial charge in [0.05, 0.1) is 25.9 Å². The van der Waals surface area contributed by atoms with Crippen LogP contribution in [0.25, 0.3) is 10.9 Å². The molecule has 2 aromatic rings. The Morgan fingerprint density at radius 3 is 2.62 bits per heavy atom. The third-order valence-electron chi connectivity index (χ3n) is 5.18. The number of carbonyl (C=O) groups excluding carboxylic acids is 2. The summed E-state index contributed by atoms with van der Waals surface area (Å²) in [6.45, 7) is 8.88. The van der Waals surface area contributed by atoms with Crippen LogP contribution < -0.4 is 10.2 Å². The molecule has 6 heteroatoms. The van der Waals surface area contributed by atoms with Crippen LogP contribution >= 0.6 is 0 Å². The minimum Gasteiger partial charge on any atom is -0.464 e. The van der Waals surface area contributed by atoms with Gasteiger partial charge in [0.15, 0.2) is 6.54 Å². The Morgan fingerprint density at radius 1 is 1.27 bits per heavy atom. The smallest absolute Gasteiger partial charge is 0.356 e. The highest BCUT2D eigenvalue weighted by molar-refractivity contribution is 6.12. The second-order valence-electron chi connectivity index (χ2n) is 7.69. The maximum absolute atomic E-state index is 12.7. The van der Waals surface area contributed by atoms with Crippen molar-refractivity contribution in [2.24, 2.45) is 11.8 Å². The van der Waals surface area contributed by atoms with Crippen LogP contribution in [0.2, 0.25) is 0 Å². The lowest BCUT2D eigenvalue weighted by atomic mass is 9.92. The van der Waals surface area contributed by atoms with E-state index in [0.717, 1.165) is 29.6 Å². The number of hydrogen-bond donors (Lipinski definition) is 3. The largest absolute Gasteiger partial charge is 0.464 e. The van der Waals surface area contributed by atoms with Crippen molar-refractivity contribution in [2.45, 2.75) is 27.2 Å².